The molecule has 0 aliphatic carbocycles. The van der Waals surface area contributed by atoms with Crippen molar-refractivity contribution in [3.8, 4) is 0 Å². The van der Waals surface area contributed by atoms with Crippen molar-refractivity contribution in [1.29, 1.82) is 0 Å². The molecule has 96 valence electrons. The van der Waals surface area contributed by atoms with Gasteiger partial charge in [-0.15, -0.1) is 0 Å². The largest absolute Gasteiger partial charge is 0.315 e. The Morgan fingerprint density at radius 2 is 2.19 bits per heavy atom. The summed E-state index contributed by atoms with van der Waals surface area (Å²) in [5.41, 5.74) is 0. The van der Waals surface area contributed by atoms with Crippen molar-refractivity contribution in [1.82, 2.24) is 10.2 Å². The van der Waals surface area contributed by atoms with Gasteiger partial charge in [0.2, 0.25) is 0 Å². The van der Waals surface area contributed by atoms with Crippen molar-refractivity contribution in [3.05, 3.63) is 0 Å². The van der Waals surface area contributed by atoms with Crippen molar-refractivity contribution >= 4 is 9.84 Å². The first-order valence-corrected chi connectivity index (χ1v) is 8.21. The number of sulfone groups is 1. The fraction of sp³-hybridized carbons (Fsp3) is 1.00. The monoisotopic (exact) mass is 248 g/mol. The molecule has 16 heavy (non-hydrogen) atoms. The van der Waals surface area contributed by atoms with Gasteiger partial charge in [0.1, 0.15) is 9.84 Å². The Bertz CT molecular complexity index is 290. The van der Waals surface area contributed by atoms with E-state index in [2.05, 4.69) is 17.1 Å². The number of hydrogen-bond donors (Lipinski definition) is 1. The fourth-order valence-electron chi connectivity index (χ4n) is 2.27. The molecule has 1 aliphatic rings. The highest BCUT2D eigenvalue weighted by molar-refractivity contribution is 7.90. The second kappa shape index (κ2) is 6.57. The SMILES string of the molecule is CCN1CCCC1CNCCCS(C)(=O)=O. The van der Waals surface area contributed by atoms with Crippen molar-refractivity contribution in [2.45, 2.75) is 32.2 Å². The van der Waals surface area contributed by atoms with Crippen molar-refractivity contribution in [2.75, 3.05) is 38.2 Å². The van der Waals surface area contributed by atoms with Crippen LogP contribution < -0.4 is 5.32 Å². The highest BCUT2D eigenvalue weighted by Crippen LogP contribution is 2.15. The lowest BCUT2D eigenvalue weighted by Gasteiger charge is -2.22. The third-order valence-corrected chi connectivity index (χ3v) is 4.18. The van der Waals surface area contributed by atoms with Gasteiger partial charge in [-0.25, -0.2) is 8.42 Å². The molecule has 0 aromatic carbocycles. The standard InChI is InChI=1S/C11H24N2O2S/c1-3-13-8-4-6-11(13)10-12-7-5-9-16(2,14)15/h11-12H,3-10H2,1-2H3. The summed E-state index contributed by atoms with van der Waals surface area (Å²) < 4.78 is 21.8. The third-order valence-electron chi connectivity index (χ3n) is 3.15. The number of likely N-dealkylation sites (N-methyl/N-ethyl adjacent to an activating group) is 1. The number of nitrogens with one attached hydrogen (secondary N) is 1. The molecule has 0 radical (unpaired) electrons. The summed E-state index contributed by atoms with van der Waals surface area (Å²) >= 11 is 0. The zero-order valence-electron chi connectivity index (χ0n) is 10.4. The van der Waals surface area contributed by atoms with Gasteiger partial charge in [-0.2, -0.15) is 0 Å². The second-order valence-corrected chi connectivity index (χ2v) is 6.87. The van der Waals surface area contributed by atoms with E-state index < -0.39 is 9.84 Å². The van der Waals surface area contributed by atoms with Crippen molar-refractivity contribution in [2.24, 2.45) is 0 Å². The third kappa shape index (κ3) is 5.27. The summed E-state index contributed by atoms with van der Waals surface area (Å²) in [5.74, 6) is 0.294. The average molecular weight is 248 g/mol. The first kappa shape index (κ1) is 13.9. The van der Waals surface area contributed by atoms with E-state index in [1.54, 1.807) is 0 Å². The maximum atomic E-state index is 10.9. The lowest BCUT2D eigenvalue weighted by atomic mass is 10.2. The minimum absolute atomic E-state index is 0.294. The van der Waals surface area contributed by atoms with Crippen molar-refractivity contribution < 1.29 is 8.42 Å². The van der Waals surface area contributed by atoms with Crippen LogP contribution in [0.2, 0.25) is 0 Å². The van der Waals surface area contributed by atoms with Gasteiger partial charge in [0.15, 0.2) is 0 Å². The van der Waals surface area contributed by atoms with E-state index in [0.717, 1.165) is 26.1 Å². The van der Waals surface area contributed by atoms with Crippen LogP contribution in [0.4, 0.5) is 0 Å². The summed E-state index contributed by atoms with van der Waals surface area (Å²) in [5, 5.41) is 3.36. The van der Waals surface area contributed by atoms with Crippen LogP contribution in [0.25, 0.3) is 0 Å². The van der Waals surface area contributed by atoms with E-state index in [1.807, 2.05) is 0 Å². The smallest absolute Gasteiger partial charge is 0.147 e. The number of nitrogens with zero attached hydrogens (tertiary/aromatic N) is 1. The Kier molecular flexibility index (Phi) is 5.72. The lowest BCUT2D eigenvalue weighted by Crippen LogP contribution is -2.38. The molecule has 1 fully saturated rings. The molecule has 1 heterocycles. The molecule has 0 spiro atoms. The minimum Gasteiger partial charge on any atom is -0.315 e. The number of rotatable bonds is 7. The lowest BCUT2D eigenvalue weighted by molar-refractivity contribution is 0.260. The summed E-state index contributed by atoms with van der Waals surface area (Å²) in [6, 6.07) is 0.656. The van der Waals surface area contributed by atoms with Crippen LogP contribution in [0.1, 0.15) is 26.2 Å². The Hall–Kier alpha value is -0.130. The topological polar surface area (TPSA) is 49.4 Å². The first-order chi connectivity index (χ1) is 7.53. The Labute approximate surface area is 99.3 Å². The molecule has 1 saturated heterocycles. The molecule has 5 heteroatoms. The van der Waals surface area contributed by atoms with Gasteiger partial charge in [0, 0.05) is 18.8 Å². The van der Waals surface area contributed by atoms with E-state index in [1.165, 1.54) is 25.6 Å². The number of hydrogen-bond acceptors (Lipinski definition) is 4. The second-order valence-electron chi connectivity index (χ2n) is 4.61. The maximum absolute atomic E-state index is 10.9. The molecule has 0 bridgehead atoms. The zero-order valence-corrected chi connectivity index (χ0v) is 11.2. The molecule has 1 aliphatic heterocycles. The number of likely N-dealkylation sites (tertiary alicyclic amines) is 1. The normalized spacial score (nSPS) is 22.8. The van der Waals surface area contributed by atoms with Gasteiger partial charge in [-0.05, 0) is 38.9 Å². The van der Waals surface area contributed by atoms with Gasteiger partial charge in [-0.1, -0.05) is 6.92 Å². The zero-order chi connectivity index (χ0) is 12.0. The predicted octanol–water partition coefficient (Wildman–Crippen LogP) is 0.495. The van der Waals surface area contributed by atoms with Crippen LogP contribution in [-0.2, 0) is 9.84 Å². The van der Waals surface area contributed by atoms with Gasteiger partial charge < -0.3 is 5.32 Å². The van der Waals surface area contributed by atoms with E-state index in [4.69, 9.17) is 0 Å². The van der Waals surface area contributed by atoms with Crippen molar-refractivity contribution in [3.63, 3.8) is 0 Å². The molecular weight excluding hydrogens is 224 g/mol. The minimum atomic E-state index is -2.79. The van der Waals surface area contributed by atoms with E-state index >= 15 is 0 Å². The van der Waals surface area contributed by atoms with Gasteiger partial charge in [0.25, 0.3) is 0 Å². The van der Waals surface area contributed by atoms with Gasteiger partial charge >= 0.3 is 0 Å². The van der Waals surface area contributed by atoms with Crippen LogP contribution in [0.15, 0.2) is 0 Å². The molecule has 1 unspecified atom stereocenters. The summed E-state index contributed by atoms with van der Waals surface area (Å²) in [7, 11) is -2.79. The van der Waals surface area contributed by atoms with Gasteiger partial charge in [-0.3, -0.25) is 4.90 Å². The summed E-state index contributed by atoms with van der Waals surface area (Å²) in [6.45, 7) is 6.34. The Balaban J connectivity index is 2.07. The van der Waals surface area contributed by atoms with E-state index in [-0.39, 0.29) is 0 Å². The molecule has 0 saturated carbocycles. The maximum Gasteiger partial charge on any atom is 0.147 e. The van der Waals surface area contributed by atoms with Crippen LogP contribution in [0.3, 0.4) is 0 Å². The quantitative estimate of drug-likeness (QED) is 0.666. The molecular formula is C11H24N2O2S. The van der Waals surface area contributed by atoms with E-state index in [9.17, 15) is 8.42 Å². The molecule has 1 atom stereocenters. The van der Waals surface area contributed by atoms with E-state index in [0.29, 0.717) is 11.8 Å². The van der Waals surface area contributed by atoms with Crippen LogP contribution >= 0.6 is 0 Å². The molecule has 0 amide bonds. The molecule has 1 N–H and O–H groups in total. The predicted molar refractivity (Wildman–Crippen MR) is 67.5 cm³/mol. The van der Waals surface area contributed by atoms with Crippen LogP contribution in [0, 0.1) is 0 Å². The summed E-state index contributed by atoms with van der Waals surface area (Å²) in [4.78, 5) is 2.49. The van der Waals surface area contributed by atoms with Gasteiger partial charge in [0.05, 0.1) is 5.75 Å². The summed E-state index contributed by atoms with van der Waals surface area (Å²) in [6.07, 6.45) is 4.58. The molecule has 1 rings (SSSR count). The highest BCUT2D eigenvalue weighted by atomic mass is 32.2. The fourth-order valence-corrected chi connectivity index (χ4v) is 2.94. The first-order valence-electron chi connectivity index (χ1n) is 6.15. The molecule has 0 aromatic heterocycles. The highest BCUT2D eigenvalue weighted by Gasteiger charge is 2.21. The Morgan fingerprint density at radius 3 is 2.81 bits per heavy atom. The van der Waals surface area contributed by atoms with Crippen LogP contribution in [0.5, 0.6) is 0 Å². The average Bonchev–Trinajstić information content (AvgIpc) is 2.63. The molecule has 4 nitrogen and oxygen atoms in total. The van der Waals surface area contributed by atoms with Crippen LogP contribution in [-0.4, -0.2) is 57.5 Å². The Morgan fingerprint density at radius 1 is 1.44 bits per heavy atom. The molecule has 0 aromatic rings.